The summed E-state index contributed by atoms with van der Waals surface area (Å²) in [4.78, 5) is 8.59. The van der Waals surface area contributed by atoms with Gasteiger partial charge in [0, 0.05) is 23.8 Å². The van der Waals surface area contributed by atoms with E-state index in [1.54, 1.807) is 18.3 Å². The topological polar surface area (TPSA) is 75.9 Å². The van der Waals surface area contributed by atoms with E-state index < -0.39 is 0 Å². The summed E-state index contributed by atoms with van der Waals surface area (Å²) in [6.45, 7) is 2.57. The van der Waals surface area contributed by atoms with Gasteiger partial charge in [-0.15, -0.1) is 0 Å². The van der Waals surface area contributed by atoms with Crippen molar-refractivity contribution in [3.8, 4) is 0 Å². The molecule has 0 saturated carbocycles. The highest BCUT2D eigenvalue weighted by Gasteiger charge is 2.03. The van der Waals surface area contributed by atoms with E-state index in [2.05, 4.69) is 25.8 Å². The number of hydrogen-bond donors (Lipinski definition) is 2. The van der Waals surface area contributed by atoms with Gasteiger partial charge < -0.3 is 15.2 Å². The maximum absolute atomic E-state index is 5.87. The van der Waals surface area contributed by atoms with Gasteiger partial charge >= 0.3 is 0 Å². The number of nitrogens with zero attached hydrogens (tertiary/aromatic N) is 3. The van der Waals surface area contributed by atoms with Crippen LogP contribution in [0.5, 0.6) is 0 Å². The number of aryl methyl sites for hydroxylation is 1. The van der Waals surface area contributed by atoms with Crippen molar-refractivity contribution in [3.05, 3.63) is 58.9 Å². The minimum atomic E-state index is 0.559. The highest BCUT2D eigenvalue weighted by atomic mass is 35.5. The fourth-order valence-electron chi connectivity index (χ4n) is 2.04. The fourth-order valence-corrected chi connectivity index (χ4v) is 2.17. The van der Waals surface area contributed by atoms with Gasteiger partial charge in [-0.1, -0.05) is 28.9 Å². The Morgan fingerprint density at radius 3 is 2.70 bits per heavy atom. The molecule has 0 atom stereocenters. The van der Waals surface area contributed by atoms with E-state index in [0.29, 0.717) is 17.6 Å². The minimum absolute atomic E-state index is 0.559. The Morgan fingerprint density at radius 1 is 1.13 bits per heavy atom. The van der Waals surface area contributed by atoms with Gasteiger partial charge in [-0.2, -0.15) is 4.98 Å². The molecule has 1 aromatic carbocycles. The van der Waals surface area contributed by atoms with Gasteiger partial charge in [-0.3, -0.25) is 0 Å². The largest absolute Gasteiger partial charge is 0.360 e. The Kier molecular flexibility index (Phi) is 4.73. The van der Waals surface area contributed by atoms with Crippen molar-refractivity contribution < 1.29 is 4.52 Å². The first-order chi connectivity index (χ1) is 11.2. The number of rotatable bonds is 6. The van der Waals surface area contributed by atoms with Gasteiger partial charge in [0.05, 0.1) is 0 Å². The second kappa shape index (κ2) is 7.11. The molecule has 0 aliphatic carbocycles. The van der Waals surface area contributed by atoms with Crippen LogP contribution in [-0.4, -0.2) is 21.7 Å². The highest BCUT2D eigenvalue weighted by molar-refractivity contribution is 6.30. The Bertz CT molecular complexity index is 772. The number of benzene rings is 1. The first-order valence-corrected chi connectivity index (χ1v) is 7.58. The van der Waals surface area contributed by atoms with Crippen LogP contribution >= 0.6 is 11.6 Å². The van der Waals surface area contributed by atoms with Crippen LogP contribution in [0.2, 0.25) is 5.02 Å². The first-order valence-electron chi connectivity index (χ1n) is 7.21. The Balaban J connectivity index is 1.56. The average Bonchev–Trinajstić information content (AvgIpc) is 2.95. The van der Waals surface area contributed by atoms with Crippen molar-refractivity contribution in [2.75, 3.05) is 17.2 Å². The monoisotopic (exact) mass is 329 g/mol. The molecule has 0 aliphatic rings. The number of halogens is 1. The number of hydrogen-bond acceptors (Lipinski definition) is 6. The standard InChI is InChI=1S/C16H16ClN5O/c1-11-10-15(22-23-11)20-14-7-9-19-16(21-14)18-8-6-12-2-4-13(17)5-3-12/h2-5,7,9-10H,6,8H2,1H3,(H2,18,19,20,21,22). The molecule has 6 nitrogen and oxygen atoms in total. The van der Waals surface area contributed by atoms with Crippen LogP contribution in [-0.2, 0) is 6.42 Å². The molecular weight excluding hydrogens is 314 g/mol. The van der Waals surface area contributed by atoms with E-state index in [-0.39, 0.29) is 0 Å². The summed E-state index contributed by atoms with van der Waals surface area (Å²) < 4.78 is 5.01. The Morgan fingerprint density at radius 2 is 1.96 bits per heavy atom. The predicted octanol–water partition coefficient (Wildman–Crippen LogP) is 3.82. The van der Waals surface area contributed by atoms with Gasteiger partial charge in [0.1, 0.15) is 11.6 Å². The van der Waals surface area contributed by atoms with E-state index in [1.165, 1.54) is 5.56 Å². The molecule has 3 rings (SSSR count). The van der Waals surface area contributed by atoms with Gasteiger partial charge in [0.15, 0.2) is 5.82 Å². The Labute approximate surface area is 138 Å². The molecule has 0 bridgehead atoms. The normalized spacial score (nSPS) is 10.5. The number of aromatic nitrogens is 3. The van der Waals surface area contributed by atoms with Crippen LogP contribution in [0.3, 0.4) is 0 Å². The number of nitrogens with one attached hydrogen (secondary N) is 2. The third-order valence-corrected chi connectivity index (χ3v) is 3.40. The summed E-state index contributed by atoms with van der Waals surface area (Å²) in [6, 6.07) is 11.4. The lowest BCUT2D eigenvalue weighted by Crippen LogP contribution is -2.08. The molecule has 2 heterocycles. The van der Waals surface area contributed by atoms with Crippen molar-refractivity contribution in [2.45, 2.75) is 13.3 Å². The first kappa shape index (κ1) is 15.3. The van der Waals surface area contributed by atoms with Crippen LogP contribution in [0.15, 0.2) is 47.1 Å². The van der Waals surface area contributed by atoms with Gasteiger partial charge in [0.2, 0.25) is 5.95 Å². The smallest absolute Gasteiger partial charge is 0.224 e. The molecule has 23 heavy (non-hydrogen) atoms. The zero-order chi connectivity index (χ0) is 16.1. The van der Waals surface area contributed by atoms with Crippen LogP contribution < -0.4 is 10.6 Å². The molecule has 0 radical (unpaired) electrons. The fraction of sp³-hybridized carbons (Fsp3) is 0.188. The van der Waals surface area contributed by atoms with Crippen molar-refractivity contribution in [3.63, 3.8) is 0 Å². The molecule has 3 aromatic rings. The zero-order valence-electron chi connectivity index (χ0n) is 12.6. The molecule has 0 aliphatic heterocycles. The minimum Gasteiger partial charge on any atom is -0.360 e. The quantitative estimate of drug-likeness (QED) is 0.716. The van der Waals surface area contributed by atoms with E-state index >= 15 is 0 Å². The lowest BCUT2D eigenvalue weighted by Gasteiger charge is -2.07. The lowest BCUT2D eigenvalue weighted by atomic mass is 10.1. The highest BCUT2D eigenvalue weighted by Crippen LogP contribution is 2.15. The summed E-state index contributed by atoms with van der Waals surface area (Å²) >= 11 is 5.87. The average molecular weight is 330 g/mol. The third kappa shape index (κ3) is 4.43. The maximum Gasteiger partial charge on any atom is 0.224 e. The molecule has 0 unspecified atom stereocenters. The third-order valence-electron chi connectivity index (χ3n) is 3.15. The Hall–Kier alpha value is -2.60. The molecule has 118 valence electrons. The van der Waals surface area contributed by atoms with Crippen LogP contribution in [0.1, 0.15) is 11.3 Å². The molecule has 2 N–H and O–H groups in total. The summed E-state index contributed by atoms with van der Waals surface area (Å²) in [5.74, 6) is 2.57. The summed E-state index contributed by atoms with van der Waals surface area (Å²) in [7, 11) is 0. The van der Waals surface area contributed by atoms with Gasteiger partial charge in [-0.05, 0) is 37.1 Å². The maximum atomic E-state index is 5.87. The second-order valence-electron chi connectivity index (χ2n) is 5.02. The van der Waals surface area contributed by atoms with Crippen LogP contribution in [0.4, 0.5) is 17.6 Å². The van der Waals surface area contributed by atoms with E-state index in [4.69, 9.17) is 16.1 Å². The van der Waals surface area contributed by atoms with Crippen LogP contribution in [0, 0.1) is 6.92 Å². The van der Waals surface area contributed by atoms with E-state index in [1.807, 2.05) is 31.2 Å². The van der Waals surface area contributed by atoms with E-state index in [0.717, 1.165) is 23.7 Å². The van der Waals surface area contributed by atoms with Crippen molar-refractivity contribution in [2.24, 2.45) is 0 Å². The van der Waals surface area contributed by atoms with Gasteiger partial charge in [-0.25, -0.2) is 4.98 Å². The lowest BCUT2D eigenvalue weighted by molar-refractivity contribution is 0.400. The molecule has 0 amide bonds. The molecule has 2 aromatic heterocycles. The molecule has 0 fully saturated rings. The van der Waals surface area contributed by atoms with Crippen molar-refractivity contribution in [1.29, 1.82) is 0 Å². The molecule has 0 saturated heterocycles. The van der Waals surface area contributed by atoms with Crippen molar-refractivity contribution >= 4 is 29.2 Å². The predicted molar refractivity (Wildman–Crippen MR) is 90.2 cm³/mol. The summed E-state index contributed by atoms with van der Waals surface area (Å²) in [5, 5.41) is 10.9. The van der Waals surface area contributed by atoms with Gasteiger partial charge in [0.25, 0.3) is 0 Å². The SMILES string of the molecule is Cc1cc(Nc2ccnc(NCCc3ccc(Cl)cc3)n2)no1. The summed E-state index contributed by atoms with van der Waals surface area (Å²) in [6.07, 6.45) is 2.55. The molecule has 0 spiro atoms. The molecular formula is C16H16ClN5O. The van der Waals surface area contributed by atoms with Crippen LogP contribution in [0.25, 0.3) is 0 Å². The summed E-state index contributed by atoms with van der Waals surface area (Å²) in [5.41, 5.74) is 1.20. The molecule has 7 heteroatoms. The van der Waals surface area contributed by atoms with E-state index in [9.17, 15) is 0 Å². The zero-order valence-corrected chi connectivity index (χ0v) is 13.3. The second-order valence-corrected chi connectivity index (χ2v) is 5.45. The number of anilines is 3. The van der Waals surface area contributed by atoms with Crippen molar-refractivity contribution in [1.82, 2.24) is 15.1 Å².